The topological polar surface area (TPSA) is 29.1 Å². The number of hydrogen-bond acceptors (Lipinski definition) is 1. The van der Waals surface area contributed by atoms with Gasteiger partial charge in [-0.05, 0) is 26.2 Å². The number of amides is 1. The van der Waals surface area contributed by atoms with Crippen LogP contribution in [-0.2, 0) is 10.2 Å². The fraction of sp³-hybridized carbons (Fsp3) is 0.500. The van der Waals surface area contributed by atoms with Gasteiger partial charge in [-0.3, -0.25) is 4.79 Å². The van der Waals surface area contributed by atoms with Gasteiger partial charge in [-0.15, -0.1) is 0 Å². The Morgan fingerprint density at radius 2 is 1.84 bits per heavy atom. The van der Waals surface area contributed by atoms with Gasteiger partial charge in [0.1, 0.15) is 17.5 Å². The Kier molecular flexibility index (Phi) is 3.56. The molecule has 1 saturated carbocycles. The lowest BCUT2D eigenvalue weighted by Crippen LogP contribution is -2.40. The highest BCUT2D eigenvalue weighted by Gasteiger charge is 2.54. The van der Waals surface area contributed by atoms with E-state index in [2.05, 4.69) is 5.32 Å². The van der Waals surface area contributed by atoms with E-state index in [1.807, 2.05) is 13.8 Å². The first-order chi connectivity index (χ1) is 8.90. The maximum atomic E-state index is 13.8. The number of carbonyl (C=O) groups excluding carboxylic acids is 1. The van der Waals surface area contributed by atoms with Crippen LogP contribution in [0, 0.1) is 17.5 Å². The maximum Gasteiger partial charge on any atom is 0.231 e. The minimum atomic E-state index is -1.16. The minimum Gasteiger partial charge on any atom is -0.353 e. The van der Waals surface area contributed by atoms with Gasteiger partial charge in [-0.1, -0.05) is 6.92 Å². The first-order valence-corrected chi connectivity index (χ1v) is 6.36. The predicted octanol–water partition coefficient (Wildman–Crippen LogP) is 3.05. The van der Waals surface area contributed by atoms with Crippen LogP contribution in [0.2, 0.25) is 0 Å². The summed E-state index contributed by atoms with van der Waals surface area (Å²) in [6.07, 6.45) is 1.50. The second-order valence-electron chi connectivity index (χ2n) is 5.11. The number of rotatable bonds is 4. The summed E-state index contributed by atoms with van der Waals surface area (Å²) in [6.45, 7) is 3.73. The fourth-order valence-electron chi connectivity index (χ4n) is 2.18. The van der Waals surface area contributed by atoms with Crippen LogP contribution in [-0.4, -0.2) is 11.9 Å². The Morgan fingerprint density at radius 3 is 2.26 bits per heavy atom. The first-order valence-electron chi connectivity index (χ1n) is 6.36. The van der Waals surface area contributed by atoms with Gasteiger partial charge < -0.3 is 5.32 Å². The van der Waals surface area contributed by atoms with Crippen molar-refractivity contribution in [2.24, 2.45) is 0 Å². The predicted molar refractivity (Wildman–Crippen MR) is 65.1 cm³/mol. The third-order valence-electron chi connectivity index (χ3n) is 3.66. The van der Waals surface area contributed by atoms with Crippen molar-refractivity contribution >= 4 is 5.91 Å². The molecule has 2 nitrogen and oxygen atoms in total. The molecule has 1 aromatic carbocycles. The molecule has 0 saturated heterocycles. The molecule has 0 aliphatic heterocycles. The number of carbonyl (C=O) groups is 1. The summed E-state index contributed by atoms with van der Waals surface area (Å²) in [5, 5.41) is 2.73. The number of nitrogens with one attached hydrogen (secondary N) is 1. The lowest BCUT2D eigenvalue weighted by Gasteiger charge is -2.20. The second kappa shape index (κ2) is 4.87. The second-order valence-corrected chi connectivity index (χ2v) is 5.11. The molecule has 104 valence electrons. The average Bonchev–Trinajstić information content (AvgIpc) is 3.08. The van der Waals surface area contributed by atoms with Crippen LogP contribution in [0.4, 0.5) is 13.2 Å². The Balaban J connectivity index is 2.33. The molecular weight excluding hydrogens is 255 g/mol. The van der Waals surface area contributed by atoms with Gasteiger partial charge in [-0.25, -0.2) is 13.2 Å². The molecule has 1 aromatic rings. The van der Waals surface area contributed by atoms with Crippen molar-refractivity contribution in [2.45, 2.75) is 44.6 Å². The maximum absolute atomic E-state index is 13.8. The number of benzene rings is 1. The molecular formula is C14H16F3NO. The van der Waals surface area contributed by atoms with Crippen LogP contribution >= 0.6 is 0 Å². The van der Waals surface area contributed by atoms with Gasteiger partial charge in [0.15, 0.2) is 0 Å². The van der Waals surface area contributed by atoms with E-state index >= 15 is 0 Å². The molecule has 0 heterocycles. The summed E-state index contributed by atoms with van der Waals surface area (Å²) in [7, 11) is 0. The average molecular weight is 271 g/mol. The van der Waals surface area contributed by atoms with Crippen LogP contribution in [0.25, 0.3) is 0 Å². The lowest BCUT2D eigenvalue weighted by molar-refractivity contribution is -0.124. The van der Waals surface area contributed by atoms with E-state index in [-0.39, 0.29) is 17.5 Å². The van der Waals surface area contributed by atoms with Crippen molar-refractivity contribution in [3.05, 3.63) is 35.1 Å². The highest BCUT2D eigenvalue weighted by atomic mass is 19.1. The van der Waals surface area contributed by atoms with E-state index < -0.39 is 22.9 Å². The van der Waals surface area contributed by atoms with Crippen LogP contribution in [0.5, 0.6) is 0 Å². The van der Waals surface area contributed by atoms with E-state index in [1.54, 1.807) is 0 Å². The van der Waals surface area contributed by atoms with E-state index in [0.717, 1.165) is 6.42 Å². The smallest absolute Gasteiger partial charge is 0.231 e. The molecule has 1 N–H and O–H groups in total. The van der Waals surface area contributed by atoms with Crippen molar-refractivity contribution in [2.75, 3.05) is 0 Å². The summed E-state index contributed by atoms with van der Waals surface area (Å²) >= 11 is 0. The summed E-state index contributed by atoms with van der Waals surface area (Å²) in [4.78, 5) is 12.1. The molecule has 1 fully saturated rings. The third kappa shape index (κ3) is 2.46. The highest BCUT2D eigenvalue weighted by molar-refractivity contribution is 5.91. The third-order valence-corrected chi connectivity index (χ3v) is 3.66. The Bertz CT molecular complexity index is 488. The molecule has 0 radical (unpaired) electrons. The molecule has 1 unspecified atom stereocenters. The van der Waals surface area contributed by atoms with Crippen LogP contribution in [0.15, 0.2) is 12.1 Å². The van der Waals surface area contributed by atoms with Crippen LogP contribution < -0.4 is 5.32 Å². The molecule has 1 aliphatic carbocycles. The first kappa shape index (κ1) is 13.9. The quantitative estimate of drug-likeness (QED) is 0.896. The summed E-state index contributed by atoms with van der Waals surface area (Å²) in [5.41, 5.74) is -1.47. The summed E-state index contributed by atoms with van der Waals surface area (Å²) in [5.74, 6) is -3.34. The molecule has 1 aliphatic rings. The standard InChI is InChI=1S/C14H16F3NO/c1-3-8(2)18-13(19)14(4-5-14)12-10(16)6-9(15)7-11(12)17/h6-8H,3-5H2,1-2H3,(H,18,19). The molecule has 0 spiro atoms. The van der Waals surface area contributed by atoms with Crippen LogP contribution in [0.1, 0.15) is 38.7 Å². The van der Waals surface area contributed by atoms with Crippen molar-refractivity contribution in [3.63, 3.8) is 0 Å². The van der Waals surface area contributed by atoms with E-state index in [4.69, 9.17) is 0 Å². The van der Waals surface area contributed by atoms with Gasteiger partial charge in [-0.2, -0.15) is 0 Å². The Hall–Kier alpha value is -1.52. The Morgan fingerprint density at radius 1 is 1.32 bits per heavy atom. The highest BCUT2D eigenvalue weighted by Crippen LogP contribution is 2.50. The zero-order valence-corrected chi connectivity index (χ0v) is 10.9. The zero-order valence-electron chi connectivity index (χ0n) is 10.9. The van der Waals surface area contributed by atoms with Crippen molar-refractivity contribution in [1.29, 1.82) is 0 Å². The van der Waals surface area contributed by atoms with Crippen LogP contribution in [0.3, 0.4) is 0 Å². The Labute approximate surface area is 110 Å². The van der Waals surface area contributed by atoms with E-state index in [9.17, 15) is 18.0 Å². The summed E-state index contributed by atoms with van der Waals surface area (Å²) < 4.78 is 40.4. The molecule has 0 aromatic heterocycles. The van der Waals surface area contributed by atoms with Gasteiger partial charge >= 0.3 is 0 Å². The van der Waals surface area contributed by atoms with Gasteiger partial charge in [0.2, 0.25) is 5.91 Å². The van der Waals surface area contributed by atoms with Crippen molar-refractivity contribution in [3.8, 4) is 0 Å². The van der Waals surface area contributed by atoms with Gasteiger partial charge in [0.25, 0.3) is 0 Å². The lowest BCUT2D eigenvalue weighted by atomic mass is 9.93. The molecule has 0 bridgehead atoms. The van der Waals surface area contributed by atoms with Crippen molar-refractivity contribution in [1.82, 2.24) is 5.32 Å². The number of halogens is 3. The van der Waals surface area contributed by atoms with E-state index in [0.29, 0.717) is 25.0 Å². The molecule has 19 heavy (non-hydrogen) atoms. The molecule has 1 atom stereocenters. The zero-order chi connectivity index (χ0) is 14.2. The monoisotopic (exact) mass is 271 g/mol. The van der Waals surface area contributed by atoms with Crippen molar-refractivity contribution < 1.29 is 18.0 Å². The number of hydrogen-bond donors (Lipinski definition) is 1. The molecule has 1 amide bonds. The SMILES string of the molecule is CCC(C)NC(=O)C1(c2c(F)cc(F)cc2F)CC1. The molecule has 2 rings (SSSR count). The summed E-state index contributed by atoms with van der Waals surface area (Å²) in [6, 6.07) is 1.18. The largest absolute Gasteiger partial charge is 0.353 e. The van der Waals surface area contributed by atoms with E-state index in [1.165, 1.54) is 0 Å². The fourth-order valence-corrected chi connectivity index (χ4v) is 2.18. The minimum absolute atomic E-state index is 0.0588. The van der Waals surface area contributed by atoms with Gasteiger partial charge in [0, 0.05) is 23.7 Å². The van der Waals surface area contributed by atoms with Gasteiger partial charge in [0.05, 0.1) is 5.41 Å². The normalized spacial score (nSPS) is 17.9. The molecule has 5 heteroatoms.